The van der Waals surface area contributed by atoms with Crippen LogP contribution < -0.4 is 0 Å². The molecule has 4 fully saturated rings. The third kappa shape index (κ3) is 2.16. The minimum absolute atomic E-state index is 0. The van der Waals surface area contributed by atoms with Gasteiger partial charge in [-0.05, 0) is 67.6 Å². The van der Waals surface area contributed by atoms with Crippen molar-refractivity contribution in [1.82, 2.24) is 0 Å². The summed E-state index contributed by atoms with van der Waals surface area (Å²) in [6, 6.07) is 0. The molecule has 24 heavy (non-hydrogen) atoms. The fourth-order valence-corrected chi connectivity index (χ4v) is 6.52. The van der Waals surface area contributed by atoms with Crippen molar-refractivity contribution >= 4 is 12.3 Å². The lowest BCUT2D eigenvalue weighted by molar-refractivity contribution is -0.148. The van der Waals surface area contributed by atoms with Gasteiger partial charge in [-0.3, -0.25) is 4.79 Å². The Hall–Kier alpha value is -1.12. The van der Waals surface area contributed by atoms with Gasteiger partial charge >= 0.3 is 5.97 Å². The van der Waals surface area contributed by atoms with Crippen LogP contribution >= 0.6 is 0 Å². The number of rotatable bonds is 2. The monoisotopic (exact) mass is 332 g/mol. The molecular weight excluding hydrogens is 300 g/mol. The number of esters is 1. The van der Waals surface area contributed by atoms with Crippen LogP contribution in [0, 0.1) is 34.5 Å². The average molecular weight is 332 g/mol. The van der Waals surface area contributed by atoms with Crippen molar-refractivity contribution in [2.75, 3.05) is 0 Å². The van der Waals surface area contributed by atoms with Gasteiger partial charge in [0.15, 0.2) is 0 Å². The van der Waals surface area contributed by atoms with E-state index >= 15 is 0 Å². The lowest BCUT2D eigenvalue weighted by Crippen LogP contribution is -2.50. The lowest BCUT2D eigenvalue weighted by Gasteiger charge is -2.53. The van der Waals surface area contributed by atoms with E-state index in [2.05, 4.69) is 20.4 Å². The van der Waals surface area contributed by atoms with Crippen LogP contribution in [0.2, 0.25) is 0 Å². The highest BCUT2D eigenvalue weighted by Gasteiger charge is 2.60. The molecule has 4 rings (SSSR count). The zero-order valence-electron chi connectivity index (χ0n) is 14.3. The van der Waals surface area contributed by atoms with E-state index in [1.54, 1.807) is 0 Å². The Morgan fingerprint density at radius 2 is 1.92 bits per heavy atom. The second-order valence-corrected chi connectivity index (χ2v) is 8.92. The summed E-state index contributed by atoms with van der Waals surface area (Å²) in [6.07, 6.45) is 8.51. The van der Waals surface area contributed by atoms with Gasteiger partial charge in [0.1, 0.15) is 12.4 Å². The predicted octanol–water partition coefficient (Wildman–Crippen LogP) is 4.55. The zero-order chi connectivity index (χ0) is 16.4. The van der Waals surface area contributed by atoms with E-state index in [1.807, 2.05) is 0 Å². The van der Waals surface area contributed by atoms with Crippen molar-refractivity contribution in [3.8, 4) is 0 Å². The van der Waals surface area contributed by atoms with Gasteiger partial charge < -0.3 is 9.53 Å². The van der Waals surface area contributed by atoms with Crippen LogP contribution in [0.3, 0.4) is 0 Å². The number of carbonyl (C=O) groups excluding carboxylic acids is 2. The number of aldehydes is 1. The Kier molecular flexibility index (Phi) is 4.21. The summed E-state index contributed by atoms with van der Waals surface area (Å²) in [6.45, 7) is 8.86. The predicted molar refractivity (Wildman–Crippen MR) is 94.3 cm³/mol. The van der Waals surface area contributed by atoms with E-state index in [1.165, 1.54) is 11.9 Å². The molecule has 7 atom stereocenters. The summed E-state index contributed by atoms with van der Waals surface area (Å²) >= 11 is 0. The average Bonchev–Trinajstić information content (AvgIpc) is 3.01. The van der Waals surface area contributed by atoms with Crippen LogP contribution in [0.25, 0.3) is 0 Å². The van der Waals surface area contributed by atoms with Gasteiger partial charge in [-0.2, -0.15) is 0 Å². The quantitative estimate of drug-likeness (QED) is 0.423. The largest absolute Gasteiger partial charge is 0.462 e. The van der Waals surface area contributed by atoms with E-state index in [4.69, 9.17) is 4.74 Å². The molecule has 3 nitrogen and oxygen atoms in total. The summed E-state index contributed by atoms with van der Waals surface area (Å²) in [5.41, 5.74) is 1.40. The van der Waals surface area contributed by atoms with Crippen LogP contribution in [0.4, 0.5) is 0 Å². The van der Waals surface area contributed by atoms with E-state index in [0.29, 0.717) is 11.8 Å². The molecule has 3 heteroatoms. The second kappa shape index (κ2) is 5.71. The van der Waals surface area contributed by atoms with E-state index in [0.717, 1.165) is 44.9 Å². The topological polar surface area (TPSA) is 43.4 Å². The molecule has 1 aliphatic heterocycles. The van der Waals surface area contributed by atoms with Crippen LogP contribution in [-0.4, -0.2) is 18.4 Å². The molecule has 0 spiro atoms. The molecule has 0 unspecified atom stereocenters. The molecule has 3 aliphatic carbocycles. The third-order valence-electron chi connectivity index (χ3n) is 8.16. The second-order valence-electron chi connectivity index (χ2n) is 8.92. The Bertz CT molecular complexity index is 567. The first-order chi connectivity index (χ1) is 10.9. The van der Waals surface area contributed by atoms with Crippen molar-refractivity contribution in [2.45, 2.75) is 72.3 Å². The first kappa shape index (κ1) is 17.7. The number of hydrogen-bond acceptors (Lipinski definition) is 3. The van der Waals surface area contributed by atoms with Crippen LogP contribution in [0.5, 0.6) is 0 Å². The summed E-state index contributed by atoms with van der Waals surface area (Å²) in [4.78, 5) is 24.4. The van der Waals surface area contributed by atoms with E-state index in [-0.39, 0.29) is 42.2 Å². The molecule has 0 N–H and O–H groups in total. The summed E-state index contributed by atoms with van der Waals surface area (Å²) in [5.74, 6) is 0.799. The fraction of sp³-hybridized carbons (Fsp3) is 0.810. The zero-order valence-corrected chi connectivity index (χ0v) is 14.3. The van der Waals surface area contributed by atoms with Gasteiger partial charge in [0.2, 0.25) is 0 Å². The van der Waals surface area contributed by atoms with Gasteiger partial charge in [-0.1, -0.05) is 33.4 Å². The Labute approximate surface area is 146 Å². The molecule has 134 valence electrons. The van der Waals surface area contributed by atoms with Crippen molar-refractivity contribution in [1.29, 1.82) is 0 Å². The number of carbonyl (C=O) groups is 2. The van der Waals surface area contributed by atoms with Crippen molar-refractivity contribution in [2.24, 2.45) is 34.5 Å². The van der Waals surface area contributed by atoms with Gasteiger partial charge in [0.25, 0.3) is 0 Å². The minimum Gasteiger partial charge on any atom is -0.462 e. The van der Waals surface area contributed by atoms with Crippen molar-refractivity contribution < 1.29 is 14.3 Å². The normalized spacial score (nSPS) is 50.0. The van der Waals surface area contributed by atoms with Gasteiger partial charge in [-0.25, -0.2) is 0 Å². The Balaban J connectivity index is 0.00000169. The van der Waals surface area contributed by atoms with Crippen LogP contribution in [0.1, 0.15) is 66.2 Å². The molecule has 1 saturated heterocycles. The summed E-state index contributed by atoms with van der Waals surface area (Å²) in [5, 5.41) is 0. The highest BCUT2D eigenvalue weighted by Crippen LogP contribution is 2.63. The van der Waals surface area contributed by atoms with Crippen LogP contribution in [-0.2, 0) is 14.3 Å². The lowest BCUT2D eigenvalue weighted by atomic mass is 9.50. The standard InChI is InChI=1S/C20H28O3.CH4/c1-12-4-5-15-14(11-21)16(7-9-19(12,15)2)20(3)8-6-13-10-17(20)18(22)23-13;/h11,13-17H,1,4-10H2,2-3H3;1H4/t13-,14-,15-,16-,17+,19+,20+;/m0./s1. The SMILES string of the molecule is C.C=C1CC[C@H]2[C@H](C=O)[C@@H]([C@@]3(C)CC[C@H]4C[C@@H]3C(=O)O4)CC[C@]12C. The number of fused-ring (bicyclic) bond motifs is 3. The van der Waals surface area contributed by atoms with Crippen molar-refractivity contribution in [3.05, 3.63) is 12.2 Å². The maximum Gasteiger partial charge on any atom is 0.309 e. The molecule has 0 aromatic heterocycles. The van der Waals surface area contributed by atoms with E-state index in [9.17, 15) is 9.59 Å². The van der Waals surface area contributed by atoms with Gasteiger partial charge in [0.05, 0.1) is 5.92 Å². The molecule has 4 aliphatic rings. The van der Waals surface area contributed by atoms with Crippen LogP contribution in [0.15, 0.2) is 12.2 Å². The number of ether oxygens (including phenoxy) is 1. The molecular formula is C21H32O3. The first-order valence-electron chi connectivity index (χ1n) is 9.24. The Morgan fingerprint density at radius 3 is 2.62 bits per heavy atom. The number of hydrogen-bond donors (Lipinski definition) is 0. The third-order valence-corrected chi connectivity index (χ3v) is 8.16. The fourth-order valence-electron chi connectivity index (χ4n) is 6.52. The highest BCUT2D eigenvalue weighted by atomic mass is 16.6. The van der Waals surface area contributed by atoms with Crippen molar-refractivity contribution in [3.63, 3.8) is 0 Å². The first-order valence-corrected chi connectivity index (χ1v) is 9.24. The maximum atomic E-state index is 12.3. The smallest absolute Gasteiger partial charge is 0.309 e. The molecule has 1 heterocycles. The molecule has 0 aromatic rings. The molecule has 0 aromatic carbocycles. The Morgan fingerprint density at radius 1 is 1.17 bits per heavy atom. The summed E-state index contributed by atoms with van der Waals surface area (Å²) in [7, 11) is 0. The van der Waals surface area contributed by atoms with Gasteiger partial charge in [-0.15, -0.1) is 0 Å². The van der Waals surface area contributed by atoms with E-state index < -0.39 is 0 Å². The minimum atomic E-state index is -0.0685. The highest BCUT2D eigenvalue weighted by molar-refractivity contribution is 5.76. The van der Waals surface area contributed by atoms with Gasteiger partial charge in [0, 0.05) is 5.92 Å². The summed E-state index contributed by atoms with van der Waals surface area (Å²) < 4.78 is 5.52. The molecule has 3 saturated carbocycles. The molecule has 0 amide bonds. The maximum absolute atomic E-state index is 12.3. The number of allylic oxidation sites excluding steroid dienone is 1. The molecule has 0 radical (unpaired) electrons. The molecule has 2 bridgehead atoms.